The summed E-state index contributed by atoms with van der Waals surface area (Å²) < 4.78 is 5.17. The van der Waals surface area contributed by atoms with E-state index in [0.717, 1.165) is 5.57 Å². The molecule has 0 aromatic carbocycles. The second-order valence-corrected chi connectivity index (χ2v) is 13.7. The molecule has 0 radical (unpaired) electrons. The molecule has 0 aromatic rings. The Bertz CT molecular complexity index is 1190. The van der Waals surface area contributed by atoms with E-state index in [0.29, 0.717) is 38.5 Å². The average molecular weight is 562 g/mol. The van der Waals surface area contributed by atoms with E-state index < -0.39 is 76.6 Å². The molecule has 2 amide bonds. The predicted octanol–water partition coefficient (Wildman–Crippen LogP) is 1.27. The summed E-state index contributed by atoms with van der Waals surface area (Å²) in [6.45, 7) is 4.06. The fourth-order valence-corrected chi connectivity index (χ4v) is 10.6. The fraction of sp³-hybridized carbons (Fsp3) is 0.793. The van der Waals surface area contributed by atoms with Crippen molar-refractivity contribution in [3.63, 3.8) is 0 Å². The first-order valence-corrected chi connectivity index (χ1v) is 14.5. The monoisotopic (exact) mass is 561 g/mol. The van der Waals surface area contributed by atoms with Crippen LogP contribution in [0.15, 0.2) is 11.6 Å². The van der Waals surface area contributed by atoms with Crippen LogP contribution in [0.1, 0.15) is 65.2 Å². The predicted molar refractivity (Wildman–Crippen MR) is 135 cm³/mol. The third-order valence-electron chi connectivity index (χ3n) is 12.5. The van der Waals surface area contributed by atoms with Crippen LogP contribution in [0.3, 0.4) is 0 Å². The topological polar surface area (TPSA) is 182 Å². The smallest absolute Gasteiger partial charge is 0.331 e. The Morgan fingerprint density at radius 3 is 2.40 bits per heavy atom. The molecule has 5 N–H and O–H groups in total. The maximum absolute atomic E-state index is 13.3. The summed E-state index contributed by atoms with van der Waals surface area (Å²) in [5, 5.41) is 55.2. The van der Waals surface area contributed by atoms with Crippen LogP contribution in [0, 0.1) is 52.3 Å². The third-order valence-corrected chi connectivity index (χ3v) is 12.5. The first-order chi connectivity index (χ1) is 18.7. The molecule has 5 fully saturated rings. The number of aliphatic hydroxyl groups excluding tert-OH is 2. The number of carboxylic acids is 1. The number of esters is 1. The van der Waals surface area contributed by atoms with Crippen LogP contribution in [-0.4, -0.2) is 78.9 Å². The summed E-state index contributed by atoms with van der Waals surface area (Å²) in [6.07, 6.45) is 2.46. The van der Waals surface area contributed by atoms with Crippen LogP contribution in [-0.2, 0) is 23.9 Å². The molecule has 11 nitrogen and oxygen atoms in total. The van der Waals surface area contributed by atoms with Gasteiger partial charge >= 0.3 is 11.9 Å². The standard InChI is InChI=1S/C29H39NO10/c1-27-14(8-15(31)9-20(27)24-16(10-22(33)34)25(36)30(39)26(24)37)3-4-18-19(27)11-21(32)28(2)17(5-6-29(18,28)38)13-7-23(35)40-12-13/h7,14-21,24,31-32,38-39H,3-6,8-12H2,1-2H3,(H,33,34)/t14-,15+,16?,17-,18-,19+,20?,21-,24?,27+,28+,29+/m1/s1. The molecular formula is C29H39NO10. The maximum atomic E-state index is 13.3. The number of hydrogen-bond donors (Lipinski definition) is 5. The number of carbonyl (C=O) groups is 4. The Morgan fingerprint density at radius 1 is 1.02 bits per heavy atom. The van der Waals surface area contributed by atoms with Crippen molar-refractivity contribution >= 4 is 23.8 Å². The zero-order valence-corrected chi connectivity index (χ0v) is 22.9. The lowest BCUT2D eigenvalue weighted by Gasteiger charge is -2.67. The number of fused-ring (bicyclic) bond motifs is 5. The largest absolute Gasteiger partial charge is 0.481 e. The van der Waals surface area contributed by atoms with Gasteiger partial charge in [0.15, 0.2) is 0 Å². The summed E-state index contributed by atoms with van der Waals surface area (Å²) in [5.74, 6) is -7.32. The minimum atomic E-state index is -1.26. The van der Waals surface area contributed by atoms with Gasteiger partial charge in [-0.15, -0.1) is 0 Å². The zero-order valence-electron chi connectivity index (χ0n) is 22.9. The molecule has 2 heterocycles. The molecule has 12 atom stereocenters. The summed E-state index contributed by atoms with van der Waals surface area (Å²) in [7, 11) is 0. The van der Waals surface area contributed by atoms with Gasteiger partial charge in [-0.3, -0.25) is 19.6 Å². The van der Waals surface area contributed by atoms with Crippen LogP contribution >= 0.6 is 0 Å². The summed E-state index contributed by atoms with van der Waals surface area (Å²) in [6, 6.07) is 0. The molecule has 6 aliphatic rings. The van der Waals surface area contributed by atoms with Crippen LogP contribution in [0.5, 0.6) is 0 Å². The number of imide groups is 1. The number of carboxylic acid groups (broad SMARTS) is 1. The van der Waals surface area contributed by atoms with E-state index in [4.69, 9.17) is 4.74 Å². The van der Waals surface area contributed by atoms with E-state index in [2.05, 4.69) is 0 Å². The van der Waals surface area contributed by atoms with E-state index in [1.165, 1.54) is 6.08 Å². The Kier molecular flexibility index (Phi) is 6.31. The van der Waals surface area contributed by atoms with Crippen molar-refractivity contribution in [1.82, 2.24) is 5.06 Å². The van der Waals surface area contributed by atoms with Gasteiger partial charge in [0.2, 0.25) is 0 Å². The van der Waals surface area contributed by atoms with E-state index >= 15 is 0 Å². The molecule has 220 valence electrons. The second-order valence-electron chi connectivity index (χ2n) is 13.7. The summed E-state index contributed by atoms with van der Waals surface area (Å²) >= 11 is 0. The normalized spacial score (nSPS) is 50.2. The average Bonchev–Trinajstić information content (AvgIpc) is 3.50. The van der Waals surface area contributed by atoms with E-state index in [9.17, 15) is 44.8 Å². The highest BCUT2D eigenvalue weighted by Crippen LogP contribution is 2.71. The Balaban J connectivity index is 1.41. The van der Waals surface area contributed by atoms with Crippen molar-refractivity contribution in [2.75, 3.05) is 6.61 Å². The lowest BCUT2D eigenvalue weighted by atomic mass is 9.39. The highest BCUT2D eigenvalue weighted by molar-refractivity contribution is 6.05. The molecule has 40 heavy (non-hydrogen) atoms. The van der Waals surface area contributed by atoms with Crippen molar-refractivity contribution in [1.29, 1.82) is 0 Å². The number of cyclic esters (lactones) is 1. The number of carbonyl (C=O) groups excluding carboxylic acids is 3. The number of rotatable bonds is 4. The first kappa shape index (κ1) is 27.8. The van der Waals surface area contributed by atoms with Crippen molar-refractivity contribution in [2.24, 2.45) is 52.3 Å². The molecule has 0 spiro atoms. The van der Waals surface area contributed by atoms with E-state index in [1.807, 2.05) is 13.8 Å². The molecule has 6 rings (SSSR count). The van der Waals surface area contributed by atoms with Crippen molar-refractivity contribution < 1.29 is 49.5 Å². The third kappa shape index (κ3) is 3.50. The summed E-state index contributed by atoms with van der Waals surface area (Å²) in [4.78, 5) is 49.7. The first-order valence-electron chi connectivity index (χ1n) is 14.5. The molecule has 1 saturated heterocycles. The Morgan fingerprint density at radius 2 is 1.75 bits per heavy atom. The zero-order chi connectivity index (χ0) is 28.9. The number of hydroxylamine groups is 2. The molecular weight excluding hydrogens is 522 g/mol. The molecule has 3 unspecified atom stereocenters. The van der Waals surface area contributed by atoms with Crippen LogP contribution in [0.25, 0.3) is 0 Å². The second kappa shape index (κ2) is 9.08. The molecule has 4 saturated carbocycles. The fourth-order valence-electron chi connectivity index (χ4n) is 10.6. The lowest BCUT2D eigenvalue weighted by molar-refractivity contribution is -0.257. The molecule has 0 bridgehead atoms. The highest BCUT2D eigenvalue weighted by Gasteiger charge is 2.73. The van der Waals surface area contributed by atoms with Gasteiger partial charge in [-0.2, -0.15) is 5.06 Å². The number of hydrogen-bond acceptors (Lipinski definition) is 9. The van der Waals surface area contributed by atoms with Gasteiger partial charge in [0.25, 0.3) is 11.8 Å². The number of nitrogens with zero attached hydrogens (tertiary/aromatic N) is 1. The SMILES string of the molecule is C[C@]12C(C3C(=O)N(O)C(=O)C3CC(=O)O)C[C@@H](O)C[C@H]1CC[C@@H]1[C@@H]2C[C@@H](O)[C@]2(C)[C@@H](C3=CC(=O)OC3)CC[C@]12O. The van der Waals surface area contributed by atoms with Gasteiger partial charge in [0, 0.05) is 11.5 Å². The van der Waals surface area contributed by atoms with Crippen molar-refractivity contribution in [2.45, 2.75) is 83.0 Å². The van der Waals surface area contributed by atoms with Gasteiger partial charge in [-0.25, -0.2) is 4.79 Å². The van der Waals surface area contributed by atoms with Crippen LogP contribution < -0.4 is 0 Å². The summed E-state index contributed by atoms with van der Waals surface area (Å²) in [5.41, 5.74) is -2.12. The van der Waals surface area contributed by atoms with Crippen LogP contribution in [0.4, 0.5) is 0 Å². The van der Waals surface area contributed by atoms with Crippen LogP contribution in [0.2, 0.25) is 0 Å². The lowest BCUT2D eigenvalue weighted by Crippen LogP contribution is -2.68. The number of ether oxygens (including phenoxy) is 1. The van der Waals surface area contributed by atoms with Gasteiger partial charge in [0.05, 0.1) is 36.1 Å². The molecule has 0 aromatic heterocycles. The molecule has 4 aliphatic carbocycles. The number of aliphatic hydroxyl groups is 3. The molecule has 2 aliphatic heterocycles. The maximum Gasteiger partial charge on any atom is 0.331 e. The number of aliphatic carboxylic acids is 1. The Labute approximate surface area is 232 Å². The molecule has 11 heteroatoms. The highest BCUT2D eigenvalue weighted by atomic mass is 16.5. The van der Waals surface area contributed by atoms with Gasteiger partial charge in [-0.05, 0) is 85.5 Å². The minimum absolute atomic E-state index is 0.0402. The Hall–Kier alpha value is -2.34. The van der Waals surface area contributed by atoms with Crippen molar-refractivity contribution in [3.8, 4) is 0 Å². The van der Waals surface area contributed by atoms with Gasteiger partial charge < -0.3 is 25.2 Å². The minimum Gasteiger partial charge on any atom is -0.481 e. The van der Waals surface area contributed by atoms with Gasteiger partial charge in [0.1, 0.15) is 6.61 Å². The van der Waals surface area contributed by atoms with E-state index in [1.54, 1.807) is 0 Å². The quantitative estimate of drug-likeness (QED) is 0.190. The number of amides is 2. The van der Waals surface area contributed by atoms with Crippen molar-refractivity contribution in [3.05, 3.63) is 11.6 Å². The van der Waals surface area contributed by atoms with E-state index in [-0.39, 0.29) is 41.8 Å². The van der Waals surface area contributed by atoms with Gasteiger partial charge in [-0.1, -0.05) is 13.8 Å².